The third-order valence-electron chi connectivity index (χ3n) is 5.42. The second kappa shape index (κ2) is 8.86. The number of amides is 1. The summed E-state index contributed by atoms with van der Waals surface area (Å²) in [7, 11) is -4.03. The van der Waals surface area contributed by atoms with E-state index in [0.29, 0.717) is 35.4 Å². The van der Waals surface area contributed by atoms with Crippen molar-refractivity contribution in [2.45, 2.75) is 56.8 Å². The Hall–Kier alpha value is -2.21. The number of hydrogen-bond donors (Lipinski definition) is 1. The number of sulfonamides is 1. The Morgan fingerprint density at radius 3 is 2.54 bits per heavy atom. The molecular formula is C22H26FNO3S. The van der Waals surface area contributed by atoms with E-state index in [4.69, 9.17) is 0 Å². The molecule has 0 spiro atoms. The predicted octanol–water partition coefficient (Wildman–Crippen LogP) is 4.83. The Labute approximate surface area is 166 Å². The number of halogens is 1. The zero-order valence-corrected chi connectivity index (χ0v) is 16.9. The highest BCUT2D eigenvalue weighted by atomic mass is 32.2. The van der Waals surface area contributed by atoms with Gasteiger partial charge in [-0.2, -0.15) is 0 Å². The number of benzene rings is 2. The standard InChI is InChI=1S/C22H26FNO3S/c1-2-17-12-13-18(15-20(17)23)19-9-5-6-10-21(19)28(26,27)24-22(25)14-11-16-7-3-4-8-16/h5-6,9-10,12-13,15-16H,2-4,7-8,11,14H2,1H3,(H,24,25). The summed E-state index contributed by atoms with van der Waals surface area (Å²) in [6.45, 7) is 1.86. The molecule has 3 rings (SSSR count). The predicted molar refractivity (Wildman–Crippen MR) is 108 cm³/mol. The van der Waals surface area contributed by atoms with Crippen molar-refractivity contribution in [1.82, 2.24) is 4.72 Å². The second-order valence-corrected chi connectivity index (χ2v) is 9.02. The number of nitrogens with one attached hydrogen (secondary N) is 1. The van der Waals surface area contributed by atoms with Crippen LogP contribution >= 0.6 is 0 Å². The van der Waals surface area contributed by atoms with E-state index in [2.05, 4.69) is 4.72 Å². The van der Waals surface area contributed by atoms with Crippen molar-refractivity contribution in [3.05, 3.63) is 53.8 Å². The first kappa shape index (κ1) is 20.5. The van der Waals surface area contributed by atoms with Gasteiger partial charge in [0.25, 0.3) is 10.0 Å². The zero-order valence-electron chi connectivity index (χ0n) is 16.1. The zero-order chi connectivity index (χ0) is 20.1. The van der Waals surface area contributed by atoms with Gasteiger partial charge >= 0.3 is 0 Å². The van der Waals surface area contributed by atoms with Crippen LogP contribution in [0.2, 0.25) is 0 Å². The number of carbonyl (C=O) groups excluding carboxylic acids is 1. The van der Waals surface area contributed by atoms with Gasteiger partial charge in [-0.25, -0.2) is 17.5 Å². The maximum absolute atomic E-state index is 14.2. The molecule has 0 aromatic heterocycles. The number of rotatable bonds is 7. The molecule has 0 aliphatic heterocycles. The minimum Gasteiger partial charge on any atom is -0.274 e. The van der Waals surface area contributed by atoms with Crippen LogP contribution in [-0.4, -0.2) is 14.3 Å². The molecule has 0 saturated heterocycles. The number of aryl methyl sites for hydroxylation is 1. The maximum Gasteiger partial charge on any atom is 0.264 e. The Morgan fingerprint density at radius 2 is 1.86 bits per heavy atom. The van der Waals surface area contributed by atoms with Gasteiger partial charge in [0.15, 0.2) is 0 Å². The Kier molecular flexibility index (Phi) is 6.50. The molecule has 150 valence electrons. The topological polar surface area (TPSA) is 63.2 Å². The Balaban J connectivity index is 1.80. The van der Waals surface area contributed by atoms with Crippen LogP contribution in [0.25, 0.3) is 11.1 Å². The summed E-state index contributed by atoms with van der Waals surface area (Å²) >= 11 is 0. The third kappa shape index (κ3) is 4.79. The maximum atomic E-state index is 14.2. The highest BCUT2D eigenvalue weighted by molar-refractivity contribution is 7.90. The Bertz CT molecular complexity index is 950. The quantitative estimate of drug-likeness (QED) is 0.720. The normalized spacial score (nSPS) is 14.9. The first-order valence-electron chi connectivity index (χ1n) is 9.84. The SMILES string of the molecule is CCc1ccc(-c2ccccc2S(=O)(=O)NC(=O)CCC2CCCC2)cc1F. The van der Waals surface area contributed by atoms with Crippen molar-refractivity contribution in [1.29, 1.82) is 0 Å². The summed E-state index contributed by atoms with van der Waals surface area (Å²) < 4.78 is 42.0. The van der Waals surface area contributed by atoms with Gasteiger partial charge in [0.2, 0.25) is 5.91 Å². The van der Waals surface area contributed by atoms with Crippen molar-refractivity contribution in [3.63, 3.8) is 0 Å². The minimum absolute atomic E-state index is 0.0205. The molecule has 1 saturated carbocycles. The average Bonchev–Trinajstić information content (AvgIpc) is 3.19. The monoisotopic (exact) mass is 403 g/mol. The second-order valence-electron chi connectivity index (χ2n) is 7.37. The highest BCUT2D eigenvalue weighted by Gasteiger charge is 2.23. The lowest BCUT2D eigenvalue weighted by Gasteiger charge is -2.13. The molecule has 0 heterocycles. The molecule has 1 aliphatic rings. The van der Waals surface area contributed by atoms with E-state index in [9.17, 15) is 17.6 Å². The van der Waals surface area contributed by atoms with Crippen molar-refractivity contribution in [3.8, 4) is 11.1 Å². The van der Waals surface area contributed by atoms with E-state index in [0.717, 1.165) is 12.8 Å². The lowest BCUT2D eigenvalue weighted by molar-refractivity contribution is -0.119. The third-order valence-corrected chi connectivity index (χ3v) is 6.86. The number of hydrogen-bond acceptors (Lipinski definition) is 3. The van der Waals surface area contributed by atoms with Crippen molar-refractivity contribution >= 4 is 15.9 Å². The van der Waals surface area contributed by atoms with E-state index in [-0.39, 0.29) is 17.1 Å². The number of carbonyl (C=O) groups is 1. The van der Waals surface area contributed by atoms with Gasteiger partial charge in [-0.3, -0.25) is 4.79 Å². The van der Waals surface area contributed by atoms with Crippen LogP contribution in [0, 0.1) is 11.7 Å². The lowest BCUT2D eigenvalue weighted by Crippen LogP contribution is -2.31. The molecule has 2 aromatic rings. The fraction of sp³-hybridized carbons (Fsp3) is 0.409. The largest absolute Gasteiger partial charge is 0.274 e. The van der Waals surface area contributed by atoms with Crippen LogP contribution in [0.4, 0.5) is 4.39 Å². The lowest BCUT2D eigenvalue weighted by atomic mass is 10.0. The summed E-state index contributed by atoms with van der Waals surface area (Å²) in [6.07, 6.45) is 6.07. The van der Waals surface area contributed by atoms with E-state index in [1.807, 2.05) is 6.92 Å². The van der Waals surface area contributed by atoms with Crippen LogP contribution in [0.1, 0.15) is 51.0 Å². The van der Waals surface area contributed by atoms with E-state index in [1.165, 1.54) is 25.0 Å². The van der Waals surface area contributed by atoms with Crippen LogP contribution in [0.5, 0.6) is 0 Å². The van der Waals surface area contributed by atoms with Gasteiger partial charge in [-0.05, 0) is 42.0 Å². The molecule has 0 radical (unpaired) electrons. The van der Waals surface area contributed by atoms with Crippen LogP contribution < -0.4 is 4.72 Å². The Morgan fingerprint density at radius 1 is 1.14 bits per heavy atom. The first-order valence-corrected chi connectivity index (χ1v) is 11.3. The van der Waals surface area contributed by atoms with E-state index in [1.54, 1.807) is 30.3 Å². The van der Waals surface area contributed by atoms with Crippen LogP contribution in [0.3, 0.4) is 0 Å². The molecule has 4 nitrogen and oxygen atoms in total. The van der Waals surface area contributed by atoms with Gasteiger partial charge < -0.3 is 0 Å². The summed E-state index contributed by atoms with van der Waals surface area (Å²) in [5, 5.41) is 0. The van der Waals surface area contributed by atoms with Crippen molar-refractivity contribution in [2.24, 2.45) is 5.92 Å². The minimum atomic E-state index is -4.03. The summed E-state index contributed by atoms with van der Waals surface area (Å²) in [5.41, 5.74) is 1.42. The molecule has 0 unspecified atom stereocenters. The molecule has 1 N–H and O–H groups in total. The van der Waals surface area contributed by atoms with Crippen molar-refractivity contribution < 1.29 is 17.6 Å². The van der Waals surface area contributed by atoms with Gasteiger partial charge in [0.05, 0.1) is 4.90 Å². The molecule has 2 aromatic carbocycles. The van der Waals surface area contributed by atoms with E-state index >= 15 is 0 Å². The van der Waals surface area contributed by atoms with E-state index < -0.39 is 15.9 Å². The average molecular weight is 404 g/mol. The smallest absolute Gasteiger partial charge is 0.264 e. The molecule has 0 bridgehead atoms. The fourth-order valence-electron chi connectivity index (χ4n) is 3.83. The summed E-state index contributed by atoms with van der Waals surface area (Å²) in [6, 6.07) is 11.1. The van der Waals surface area contributed by atoms with Crippen LogP contribution in [0.15, 0.2) is 47.4 Å². The summed E-state index contributed by atoms with van der Waals surface area (Å²) in [5.74, 6) is -0.345. The fourth-order valence-corrected chi connectivity index (χ4v) is 5.08. The van der Waals surface area contributed by atoms with Crippen molar-refractivity contribution in [2.75, 3.05) is 0 Å². The first-order chi connectivity index (χ1) is 13.4. The molecule has 6 heteroatoms. The molecule has 1 amide bonds. The molecule has 0 atom stereocenters. The van der Waals surface area contributed by atoms with Crippen LogP contribution in [-0.2, 0) is 21.2 Å². The van der Waals surface area contributed by atoms with Gasteiger partial charge in [-0.1, -0.05) is 62.9 Å². The van der Waals surface area contributed by atoms with Gasteiger partial charge in [-0.15, -0.1) is 0 Å². The summed E-state index contributed by atoms with van der Waals surface area (Å²) in [4.78, 5) is 12.2. The molecular weight excluding hydrogens is 377 g/mol. The highest BCUT2D eigenvalue weighted by Crippen LogP contribution is 2.30. The van der Waals surface area contributed by atoms with Gasteiger partial charge in [0.1, 0.15) is 5.82 Å². The van der Waals surface area contributed by atoms with Gasteiger partial charge in [0, 0.05) is 12.0 Å². The molecule has 28 heavy (non-hydrogen) atoms. The molecule has 1 fully saturated rings. The molecule has 1 aliphatic carbocycles.